The first-order chi connectivity index (χ1) is 11.2. The van der Waals surface area contributed by atoms with Crippen molar-refractivity contribution in [2.75, 3.05) is 19.6 Å². The smallest absolute Gasteiger partial charge is 0.204 e. The monoisotopic (exact) mass is 347 g/mol. The van der Waals surface area contributed by atoms with Crippen LogP contribution in [0.5, 0.6) is 11.5 Å². The Kier molecular flexibility index (Phi) is 4.64. The van der Waals surface area contributed by atoms with Crippen molar-refractivity contribution in [3.05, 3.63) is 47.0 Å². The second-order valence-electron chi connectivity index (χ2n) is 4.59. The Labute approximate surface area is 142 Å². The lowest BCUT2D eigenvalue weighted by molar-refractivity contribution is 0.355. The lowest BCUT2D eigenvalue weighted by Crippen LogP contribution is -1.95. The summed E-state index contributed by atoms with van der Waals surface area (Å²) >= 11 is 7.71. The molecule has 23 heavy (non-hydrogen) atoms. The second-order valence-corrected chi connectivity index (χ2v) is 6.03. The zero-order chi connectivity index (χ0) is 16.2. The third kappa shape index (κ3) is 3.38. The number of hydrogen-bond donors (Lipinski definition) is 1. The van der Waals surface area contributed by atoms with E-state index < -0.39 is 0 Å². The topological polar surface area (TPSA) is 55.7 Å². The van der Waals surface area contributed by atoms with Gasteiger partial charge >= 0.3 is 0 Å². The van der Waals surface area contributed by atoms with E-state index in [1.807, 2.05) is 24.3 Å². The number of halogens is 1. The molecule has 1 aromatic heterocycles. The van der Waals surface area contributed by atoms with Crippen molar-refractivity contribution in [1.82, 2.24) is 4.98 Å². The normalized spacial score (nSPS) is 11.1. The summed E-state index contributed by atoms with van der Waals surface area (Å²) in [6, 6.07) is 11.5. The van der Waals surface area contributed by atoms with Crippen LogP contribution in [0.1, 0.15) is 5.56 Å². The summed E-state index contributed by atoms with van der Waals surface area (Å²) in [5.41, 5.74) is 4.67. The highest BCUT2D eigenvalue weighted by Crippen LogP contribution is 2.35. The molecule has 0 fully saturated rings. The Balaban J connectivity index is 1.78. The van der Waals surface area contributed by atoms with E-state index in [9.17, 15) is 0 Å². The van der Waals surface area contributed by atoms with Crippen molar-refractivity contribution in [2.24, 2.45) is 5.10 Å². The van der Waals surface area contributed by atoms with Gasteiger partial charge in [0.05, 0.1) is 35.7 Å². The second kappa shape index (κ2) is 6.85. The molecule has 1 N–H and O–H groups in total. The molecule has 0 amide bonds. The van der Waals surface area contributed by atoms with Crippen molar-refractivity contribution in [3.63, 3.8) is 0 Å². The number of hydrogen-bond acceptors (Lipinski definition) is 6. The first-order valence-corrected chi connectivity index (χ1v) is 7.97. The first-order valence-electron chi connectivity index (χ1n) is 6.77. The van der Waals surface area contributed by atoms with Gasteiger partial charge in [-0.1, -0.05) is 35.1 Å². The number of anilines is 1. The maximum Gasteiger partial charge on any atom is 0.204 e. The van der Waals surface area contributed by atoms with Gasteiger partial charge in [0.25, 0.3) is 0 Å². The van der Waals surface area contributed by atoms with Crippen LogP contribution in [0.15, 0.2) is 41.5 Å². The van der Waals surface area contributed by atoms with Crippen LogP contribution in [0, 0.1) is 0 Å². The molecule has 0 atom stereocenters. The summed E-state index contributed by atoms with van der Waals surface area (Å²) in [6.07, 6.45) is 1.65. The lowest BCUT2D eigenvalue weighted by atomic mass is 10.2. The maximum absolute atomic E-state index is 6.17. The van der Waals surface area contributed by atoms with E-state index in [0.717, 1.165) is 20.9 Å². The summed E-state index contributed by atoms with van der Waals surface area (Å²) in [5.74, 6) is 1.06. The fourth-order valence-corrected chi connectivity index (χ4v) is 3.21. The van der Waals surface area contributed by atoms with E-state index in [1.165, 1.54) is 0 Å². The van der Waals surface area contributed by atoms with E-state index in [2.05, 4.69) is 15.5 Å². The molecule has 0 aliphatic rings. The third-order valence-corrected chi connectivity index (χ3v) is 4.35. The minimum Gasteiger partial charge on any atom is -0.493 e. The Morgan fingerprint density at radius 2 is 2.04 bits per heavy atom. The van der Waals surface area contributed by atoms with Crippen LogP contribution in [-0.4, -0.2) is 25.4 Å². The highest BCUT2D eigenvalue weighted by Gasteiger charge is 2.10. The molecule has 0 aliphatic carbocycles. The van der Waals surface area contributed by atoms with Crippen molar-refractivity contribution in [1.29, 1.82) is 0 Å². The Morgan fingerprint density at radius 3 is 2.78 bits per heavy atom. The Morgan fingerprint density at radius 1 is 1.22 bits per heavy atom. The number of para-hydroxylation sites is 1. The molecule has 1 heterocycles. The van der Waals surface area contributed by atoms with Gasteiger partial charge in [0.2, 0.25) is 5.13 Å². The standard InChI is InChI=1S/C16H14ClN3O2S/c1-21-13-8-10(7-11(17)15(13)22-2)9-18-20-16-19-12-5-3-4-6-14(12)23-16/h3-9H,1-2H3,(H,19,20)/b18-9-. The average Bonchev–Trinajstić information content (AvgIpc) is 2.97. The van der Waals surface area contributed by atoms with E-state index in [-0.39, 0.29) is 0 Å². The number of nitrogens with zero attached hydrogens (tertiary/aromatic N) is 2. The van der Waals surface area contributed by atoms with Gasteiger partial charge in [-0.05, 0) is 29.8 Å². The summed E-state index contributed by atoms with van der Waals surface area (Å²) in [4.78, 5) is 4.45. The summed E-state index contributed by atoms with van der Waals surface area (Å²) in [5, 5.41) is 5.39. The molecule has 3 aromatic rings. The van der Waals surface area contributed by atoms with E-state index in [1.54, 1.807) is 43.9 Å². The summed E-state index contributed by atoms with van der Waals surface area (Å²) < 4.78 is 11.6. The number of aromatic nitrogens is 1. The molecule has 0 aliphatic heterocycles. The molecular weight excluding hydrogens is 334 g/mol. The minimum absolute atomic E-state index is 0.466. The SMILES string of the molecule is COc1cc(/C=N\Nc2nc3ccccc3s2)cc(Cl)c1OC. The number of benzene rings is 2. The highest BCUT2D eigenvalue weighted by atomic mass is 35.5. The predicted octanol–water partition coefficient (Wildman–Crippen LogP) is 4.41. The molecule has 0 radical (unpaired) electrons. The van der Waals surface area contributed by atoms with Gasteiger partial charge in [-0.3, -0.25) is 5.43 Å². The zero-order valence-electron chi connectivity index (χ0n) is 12.5. The van der Waals surface area contributed by atoms with Gasteiger partial charge in [0.15, 0.2) is 11.5 Å². The maximum atomic E-state index is 6.17. The number of thiazole rings is 1. The van der Waals surface area contributed by atoms with Crippen LogP contribution in [-0.2, 0) is 0 Å². The number of nitrogens with one attached hydrogen (secondary N) is 1. The molecule has 0 spiro atoms. The summed E-state index contributed by atoms with van der Waals surface area (Å²) in [6.45, 7) is 0. The molecule has 0 saturated heterocycles. The van der Waals surface area contributed by atoms with Gasteiger partial charge in [-0.25, -0.2) is 4.98 Å². The van der Waals surface area contributed by atoms with Gasteiger partial charge in [-0.15, -0.1) is 0 Å². The fourth-order valence-electron chi connectivity index (χ4n) is 2.09. The lowest BCUT2D eigenvalue weighted by Gasteiger charge is -2.09. The molecule has 118 valence electrons. The quantitative estimate of drug-likeness (QED) is 0.548. The molecule has 0 bridgehead atoms. The first kappa shape index (κ1) is 15.6. The van der Waals surface area contributed by atoms with Crippen LogP contribution in [0.2, 0.25) is 5.02 Å². The summed E-state index contributed by atoms with van der Waals surface area (Å²) in [7, 11) is 3.11. The Hall–Kier alpha value is -2.31. The van der Waals surface area contributed by atoms with E-state index in [0.29, 0.717) is 16.5 Å². The van der Waals surface area contributed by atoms with Crippen LogP contribution in [0.3, 0.4) is 0 Å². The van der Waals surface area contributed by atoms with Crippen molar-refractivity contribution in [3.8, 4) is 11.5 Å². The fraction of sp³-hybridized carbons (Fsp3) is 0.125. The largest absolute Gasteiger partial charge is 0.493 e. The van der Waals surface area contributed by atoms with Crippen molar-refractivity contribution < 1.29 is 9.47 Å². The molecule has 5 nitrogen and oxygen atoms in total. The van der Waals surface area contributed by atoms with Crippen molar-refractivity contribution in [2.45, 2.75) is 0 Å². The molecule has 2 aromatic carbocycles. The number of hydrazone groups is 1. The predicted molar refractivity (Wildman–Crippen MR) is 95.4 cm³/mol. The molecule has 0 saturated carbocycles. The van der Waals surface area contributed by atoms with Crippen LogP contribution in [0.4, 0.5) is 5.13 Å². The number of methoxy groups -OCH3 is 2. The zero-order valence-corrected chi connectivity index (χ0v) is 14.1. The minimum atomic E-state index is 0.466. The van der Waals surface area contributed by atoms with Gasteiger partial charge < -0.3 is 9.47 Å². The average molecular weight is 348 g/mol. The van der Waals surface area contributed by atoms with Gasteiger partial charge in [0, 0.05) is 0 Å². The van der Waals surface area contributed by atoms with Gasteiger partial charge in [0.1, 0.15) is 0 Å². The number of fused-ring (bicyclic) bond motifs is 1. The van der Waals surface area contributed by atoms with Crippen LogP contribution >= 0.6 is 22.9 Å². The Bertz CT molecular complexity index is 831. The highest BCUT2D eigenvalue weighted by molar-refractivity contribution is 7.22. The van der Waals surface area contributed by atoms with Gasteiger partial charge in [-0.2, -0.15) is 5.10 Å². The molecule has 0 unspecified atom stereocenters. The van der Waals surface area contributed by atoms with E-state index >= 15 is 0 Å². The number of ether oxygens (including phenoxy) is 2. The number of rotatable bonds is 5. The third-order valence-electron chi connectivity index (χ3n) is 3.12. The molecular formula is C16H14ClN3O2S. The molecule has 7 heteroatoms. The van der Waals surface area contributed by atoms with Crippen LogP contribution in [0.25, 0.3) is 10.2 Å². The van der Waals surface area contributed by atoms with Crippen molar-refractivity contribution >= 4 is 44.5 Å². The van der Waals surface area contributed by atoms with E-state index in [4.69, 9.17) is 21.1 Å². The van der Waals surface area contributed by atoms with Crippen LogP contribution < -0.4 is 14.9 Å². The molecule has 3 rings (SSSR count).